The molecular weight excluding hydrogens is 284 g/mol. The number of phenols is 1. The predicted molar refractivity (Wildman–Crippen MR) is 80.1 cm³/mol. The topological polar surface area (TPSA) is 72.8 Å². The molecule has 0 amide bonds. The average Bonchev–Trinajstić information content (AvgIpc) is 2.54. The summed E-state index contributed by atoms with van der Waals surface area (Å²) >= 11 is 0. The summed E-state index contributed by atoms with van der Waals surface area (Å²) in [6.45, 7) is 0.215. The summed E-state index contributed by atoms with van der Waals surface area (Å²) in [5.41, 5.74) is 0.908. The molecule has 0 aliphatic heterocycles. The molecule has 5 heteroatoms. The Morgan fingerprint density at radius 2 is 1.77 bits per heavy atom. The Hall–Kier alpha value is -2.82. The molecule has 0 heterocycles. The molecule has 114 valence electrons. The molecule has 0 unspecified atom stereocenters. The molecule has 0 atom stereocenters. The maximum Gasteiger partial charge on any atom is 0.308 e. The number of rotatable bonds is 6. The van der Waals surface area contributed by atoms with Gasteiger partial charge in [-0.15, -0.1) is 0 Å². The van der Waals surface area contributed by atoms with Gasteiger partial charge in [0.1, 0.15) is 11.5 Å². The van der Waals surface area contributed by atoms with Gasteiger partial charge in [0, 0.05) is 11.1 Å². The highest BCUT2D eigenvalue weighted by molar-refractivity contribution is 6.09. The van der Waals surface area contributed by atoms with Gasteiger partial charge in [-0.1, -0.05) is 12.1 Å². The second-order valence-electron chi connectivity index (χ2n) is 4.58. The molecule has 5 nitrogen and oxygen atoms in total. The number of ether oxygens (including phenoxy) is 2. The summed E-state index contributed by atoms with van der Waals surface area (Å²) in [4.78, 5) is 23.2. The third-order valence-electron chi connectivity index (χ3n) is 3.03. The lowest BCUT2D eigenvalue weighted by molar-refractivity contribution is -0.141. The quantitative estimate of drug-likeness (QED) is 0.655. The molecule has 0 aliphatic rings. The maximum absolute atomic E-state index is 12.2. The van der Waals surface area contributed by atoms with Gasteiger partial charge in [-0.2, -0.15) is 0 Å². The molecule has 2 aromatic rings. The average molecular weight is 300 g/mol. The molecule has 0 aliphatic carbocycles. The van der Waals surface area contributed by atoms with Crippen molar-refractivity contribution in [1.29, 1.82) is 0 Å². The predicted octanol–water partition coefficient (Wildman–Crippen LogP) is 2.57. The van der Waals surface area contributed by atoms with Crippen LogP contribution < -0.4 is 4.74 Å². The van der Waals surface area contributed by atoms with Crippen LogP contribution in [0.2, 0.25) is 0 Å². The molecule has 0 spiro atoms. The first-order valence-electron chi connectivity index (χ1n) is 6.73. The van der Waals surface area contributed by atoms with Gasteiger partial charge in [-0.25, -0.2) is 0 Å². The zero-order valence-electron chi connectivity index (χ0n) is 12.1. The second-order valence-corrected chi connectivity index (χ2v) is 4.58. The maximum atomic E-state index is 12.2. The van der Waals surface area contributed by atoms with E-state index in [0.29, 0.717) is 16.9 Å². The molecule has 22 heavy (non-hydrogen) atoms. The number of ketones is 1. The van der Waals surface area contributed by atoms with Gasteiger partial charge in [0.2, 0.25) is 0 Å². The van der Waals surface area contributed by atoms with Crippen LogP contribution >= 0.6 is 0 Å². The lowest BCUT2D eigenvalue weighted by Crippen LogP contribution is -2.07. The third-order valence-corrected chi connectivity index (χ3v) is 3.03. The Balaban J connectivity index is 1.99. The van der Waals surface area contributed by atoms with E-state index in [-0.39, 0.29) is 30.5 Å². The fourth-order valence-electron chi connectivity index (χ4n) is 1.87. The summed E-state index contributed by atoms with van der Waals surface area (Å²) in [6, 6.07) is 12.8. The van der Waals surface area contributed by atoms with Crippen molar-refractivity contribution >= 4 is 11.8 Å². The van der Waals surface area contributed by atoms with Crippen molar-refractivity contribution in [3.63, 3.8) is 0 Å². The van der Waals surface area contributed by atoms with E-state index >= 15 is 0 Å². The first-order chi connectivity index (χ1) is 10.6. The van der Waals surface area contributed by atoms with Crippen molar-refractivity contribution in [2.75, 3.05) is 13.7 Å². The first kappa shape index (κ1) is 15.6. The van der Waals surface area contributed by atoms with Crippen LogP contribution in [0.3, 0.4) is 0 Å². The highest BCUT2D eigenvalue weighted by atomic mass is 16.5. The van der Waals surface area contributed by atoms with Crippen molar-refractivity contribution in [3.8, 4) is 11.5 Å². The number of benzene rings is 2. The Morgan fingerprint density at radius 1 is 1.05 bits per heavy atom. The van der Waals surface area contributed by atoms with Gasteiger partial charge < -0.3 is 14.6 Å². The normalized spacial score (nSPS) is 10.0. The number of phenolic OH excluding ortho intramolecular Hbond substituents is 1. The smallest absolute Gasteiger partial charge is 0.308 e. The van der Waals surface area contributed by atoms with Crippen LogP contribution in [-0.2, 0) is 9.53 Å². The van der Waals surface area contributed by atoms with E-state index in [2.05, 4.69) is 4.74 Å². The van der Waals surface area contributed by atoms with Crippen LogP contribution in [0.1, 0.15) is 22.3 Å². The van der Waals surface area contributed by atoms with E-state index in [4.69, 9.17) is 4.74 Å². The van der Waals surface area contributed by atoms with Crippen LogP contribution in [0.4, 0.5) is 0 Å². The third kappa shape index (κ3) is 4.09. The minimum absolute atomic E-state index is 0.0496. The second kappa shape index (κ2) is 7.26. The van der Waals surface area contributed by atoms with Crippen LogP contribution in [0.25, 0.3) is 0 Å². The summed E-state index contributed by atoms with van der Waals surface area (Å²) < 4.78 is 9.90. The summed E-state index contributed by atoms with van der Waals surface area (Å²) in [5, 5.41) is 9.41. The van der Waals surface area contributed by atoms with Crippen molar-refractivity contribution in [2.24, 2.45) is 0 Å². The van der Waals surface area contributed by atoms with E-state index in [1.165, 1.54) is 19.2 Å². The van der Waals surface area contributed by atoms with Crippen LogP contribution in [0.5, 0.6) is 11.5 Å². The Kier molecular flexibility index (Phi) is 5.14. The molecule has 0 saturated heterocycles. The van der Waals surface area contributed by atoms with Crippen molar-refractivity contribution < 1.29 is 24.2 Å². The van der Waals surface area contributed by atoms with E-state index in [9.17, 15) is 14.7 Å². The molecule has 0 saturated carbocycles. The van der Waals surface area contributed by atoms with Gasteiger partial charge in [0.15, 0.2) is 5.78 Å². The Morgan fingerprint density at radius 3 is 2.41 bits per heavy atom. The van der Waals surface area contributed by atoms with Gasteiger partial charge in [0.05, 0.1) is 20.1 Å². The van der Waals surface area contributed by atoms with Crippen molar-refractivity contribution in [2.45, 2.75) is 6.42 Å². The first-order valence-corrected chi connectivity index (χ1v) is 6.73. The van der Waals surface area contributed by atoms with Gasteiger partial charge >= 0.3 is 5.97 Å². The van der Waals surface area contributed by atoms with Crippen LogP contribution in [0.15, 0.2) is 48.5 Å². The molecule has 0 bridgehead atoms. The minimum Gasteiger partial charge on any atom is -0.508 e. The zero-order chi connectivity index (χ0) is 15.9. The Labute approximate surface area is 128 Å². The van der Waals surface area contributed by atoms with E-state index in [0.717, 1.165) is 0 Å². The van der Waals surface area contributed by atoms with E-state index in [1.54, 1.807) is 36.4 Å². The summed E-state index contributed by atoms with van der Waals surface area (Å²) in [6.07, 6.45) is 0.167. The fraction of sp³-hybridized carbons (Fsp3) is 0.176. The number of carbonyl (C=O) groups is 2. The highest BCUT2D eigenvalue weighted by Gasteiger charge is 2.09. The summed E-state index contributed by atoms with van der Waals surface area (Å²) in [7, 11) is 1.32. The van der Waals surface area contributed by atoms with E-state index in [1.807, 2.05) is 0 Å². The Bertz CT molecular complexity index is 661. The van der Waals surface area contributed by atoms with Gasteiger partial charge in [0.25, 0.3) is 0 Å². The number of hydrogen-bond acceptors (Lipinski definition) is 5. The van der Waals surface area contributed by atoms with Crippen LogP contribution in [0, 0.1) is 0 Å². The largest absolute Gasteiger partial charge is 0.508 e. The molecule has 2 aromatic carbocycles. The van der Waals surface area contributed by atoms with Crippen LogP contribution in [-0.4, -0.2) is 30.6 Å². The SMILES string of the molecule is COC(=O)CCOc1ccc(C(=O)c2cccc(O)c2)cc1. The van der Waals surface area contributed by atoms with Gasteiger partial charge in [-0.3, -0.25) is 9.59 Å². The monoisotopic (exact) mass is 300 g/mol. The van der Waals surface area contributed by atoms with E-state index < -0.39 is 0 Å². The molecular formula is C17H16O5. The van der Waals surface area contributed by atoms with Crippen molar-refractivity contribution in [3.05, 3.63) is 59.7 Å². The standard InChI is InChI=1S/C17H16O5/c1-21-16(19)9-10-22-15-7-5-12(6-8-15)17(20)13-3-2-4-14(18)11-13/h2-8,11,18H,9-10H2,1H3. The minimum atomic E-state index is -0.337. The number of aromatic hydroxyl groups is 1. The summed E-state index contributed by atoms with van der Waals surface area (Å²) in [5.74, 6) is 0.0951. The molecule has 0 radical (unpaired) electrons. The van der Waals surface area contributed by atoms with Crippen molar-refractivity contribution in [1.82, 2.24) is 0 Å². The zero-order valence-corrected chi connectivity index (χ0v) is 12.1. The highest BCUT2D eigenvalue weighted by Crippen LogP contribution is 2.18. The number of carbonyl (C=O) groups excluding carboxylic acids is 2. The molecule has 2 rings (SSSR count). The van der Waals surface area contributed by atoms with Gasteiger partial charge in [-0.05, 0) is 36.4 Å². The lowest BCUT2D eigenvalue weighted by atomic mass is 10.0. The lowest BCUT2D eigenvalue weighted by Gasteiger charge is -2.06. The fourth-order valence-corrected chi connectivity index (χ4v) is 1.87. The molecule has 0 fully saturated rings. The number of methoxy groups -OCH3 is 1. The number of hydrogen-bond donors (Lipinski definition) is 1. The number of esters is 1. The molecule has 1 N–H and O–H groups in total. The molecule has 0 aromatic heterocycles.